The first-order valence-electron chi connectivity index (χ1n) is 8.76. The summed E-state index contributed by atoms with van der Waals surface area (Å²) >= 11 is 5.96. The third kappa shape index (κ3) is 3.56. The molecule has 0 aliphatic rings. The van der Waals surface area contributed by atoms with Gasteiger partial charge in [0.15, 0.2) is 5.82 Å². The van der Waals surface area contributed by atoms with Gasteiger partial charge in [0.05, 0.1) is 10.9 Å². The fourth-order valence-electron chi connectivity index (χ4n) is 2.79. The zero-order valence-electron chi connectivity index (χ0n) is 15.6. The summed E-state index contributed by atoms with van der Waals surface area (Å²) in [6, 6.07) is 5.43. The summed E-state index contributed by atoms with van der Waals surface area (Å²) in [4.78, 5) is 14.7. The Morgan fingerprint density at radius 2 is 1.93 bits per heavy atom. The van der Waals surface area contributed by atoms with Gasteiger partial charge in [0.2, 0.25) is 0 Å². The van der Waals surface area contributed by atoms with E-state index in [1.165, 1.54) is 17.2 Å². The molecule has 0 bridgehead atoms. The van der Waals surface area contributed by atoms with E-state index >= 15 is 0 Å². The molecule has 0 aliphatic heterocycles. The summed E-state index contributed by atoms with van der Waals surface area (Å²) in [5.41, 5.74) is 0.366. The summed E-state index contributed by atoms with van der Waals surface area (Å²) < 4.78 is 29.3. The van der Waals surface area contributed by atoms with Crippen molar-refractivity contribution in [3.05, 3.63) is 59.6 Å². The van der Waals surface area contributed by atoms with Crippen molar-refractivity contribution in [2.75, 3.05) is 23.8 Å². The van der Waals surface area contributed by atoms with E-state index in [9.17, 15) is 8.78 Å². The Balaban J connectivity index is 1.76. The molecule has 0 aliphatic carbocycles. The lowest BCUT2D eigenvalue weighted by Crippen LogP contribution is -2.17. The second-order valence-electron chi connectivity index (χ2n) is 6.26. The first kappa shape index (κ1) is 19.0. The molecule has 0 unspecified atom stereocenters. The first-order valence-corrected chi connectivity index (χ1v) is 9.14. The predicted molar refractivity (Wildman–Crippen MR) is 108 cm³/mol. The van der Waals surface area contributed by atoms with Crippen LogP contribution in [-0.2, 0) is 0 Å². The molecule has 7 nitrogen and oxygen atoms in total. The lowest BCUT2D eigenvalue weighted by atomic mass is 10.3. The van der Waals surface area contributed by atoms with E-state index in [-0.39, 0.29) is 10.7 Å². The van der Waals surface area contributed by atoms with Crippen LogP contribution in [0.5, 0.6) is 0 Å². The Hall–Kier alpha value is -3.33. The van der Waals surface area contributed by atoms with Gasteiger partial charge in [-0.15, -0.1) is 0 Å². The first-order chi connectivity index (χ1) is 14.0. The van der Waals surface area contributed by atoms with Crippen molar-refractivity contribution >= 4 is 40.0 Å². The highest BCUT2D eigenvalue weighted by molar-refractivity contribution is 6.32. The van der Waals surface area contributed by atoms with E-state index in [1.54, 1.807) is 18.3 Å². The van der Waals surface area contributed by atoms with Gasteiger partial charge in [0.25, 0.3) is 0 Å². The zero-order valence-corrected chi connectivity index (χ0v) is 16.3. The quantitative estimate of drug-likeness (QED) is 0.489. The molecule has 0 fully saturated rings. The van der Waals surface area contributed by atoms with E-state index in [1.807, 2.05) is 18.9 Å². The van der Waals surface area contributed by atoms with Gasteiger partial charge in [-0.1, -0.05) is 11.6 Å². The van der Waals surface area contributed by atoms with Crippen LogP contribution in [0.3, 0.4) is 0 Å². The van der Waals surface area contributed by atoms with Crippen molar-refractivity contribution in [2.45, 2.75) is 6.92 Å². The molecule has 0 saturated carbocycles. The molecule has 4 aromatic rings. The van der Waals surface area contributed by atoms with Gasteiger partial charge >= 0.3 is 0 Å². The van der Waals surface area contributed by atoms with E-state index < -0.39 is 11.6 Å². The highest BCUT2D eigenvalue weighted by Gasteiger charge is 2.17. The molecule has 3 heterocycles. The van der Waals surface area contributed by atoms with E-state index in [4.69, 9.17) is 11.6 Å². The minimum atomic E-state index is -0.729. The van der Waals surface area contributed by atoms with Gasteiger partial charge in [0.1, 0.15) is 40.3 Å². The number of halogens is 3. The molecule has 10 heteroatoms. The number of rotatable bonds is 5. The SMILES string of the molecule is CCN(C)c1cc(Nc2nccc3nn(-c4c(F)ccc(F)c4Cl)cc23)ncn1. The number of anilines is 3. The number of fused-ring (bicyclic) bond motifs is 1. The van der Waals surface area contributed by atoms with Crippen LogP contribution in [0.15, 0.2) is 43.0 Å². The molecule has 0 saturated heterocycles. The van der Waals surface area contributed by atoms with Gasteiger partial charge in [-0.2, -0.15) is 5.10 Å². The van der Waals surface area contributed by atoms with Crippen LogP contribution in [0.2, 0.25) is 5.02 Å². The smallest absolute Gasteiger partial charge is 0.150 e. The topological polar surface area (TPSA) is 71.8 Å². The summed E-state index contributed by atoms with van der Waals surface area (Å²) in [5, 5.41) is 7.69. The van der Waals surface area contributed by atoms with Crippen LogP contribution in [0.4, 0.5) is 26.2 Å². The molecule has 1 aromatic carbocycles. The second kappa shape index (κ2) is 7.59. The van der Waals surface area contributed by atoms with Crippen molar-refractivity contribution in [2.24, 2.45) is 0 Å². The summed E-state index contributed by atoms with van der Waals surface area (Å²) in [7, 11) is 1.92. The van der Waals surface area contributed by atoms with Gasteiger partial charge in [-0.3, -0.25) is 0 Å². The maximum atomic E-state index is 14.3. The second-order valence-corrected chi connectivity index (χ2v) is 6.64. The van der Waals surface area contributed by atoms with Gasteiger partial charge in [-0.25, -0.2) is 28.4 Å². The van der Waals surface area contributed by atoms with Crippen molar-refractivity contribution in [1.29, 1.82) is 0 Å². The molecule has 0 atom stereocenters. The predicted octanol–water partition coefficient (Wildman–Crippen LogP) is 4.34. The van der Waals surface area contributed by atoms with E-state index in [0.717, 1.165) is 24.5 Å². The minimum absolute atomic E-state index is 0.164. The number of benzene rings is 1. The zero-order chi connectivity index (χ0) is 20.5. The normalized spacial score (nSPS) is 11.1. The highest BCUT2D eigenvalue weighted by atomic mass is 35.5. The number of nitrogens with zero attached hydrogens (tertiary/aromatic N) is 6. The lowest BCUT2D eigenvalue weighted by Gasteiger charge is -2.15. The molecule has 3 aromatic heterocycles. The van der Waals surface area contributed by atoms with E-state index in [2.05, 4.69) is 25.4 Å². The third-order valence-electron chi connectivity index (χ3n) is 4.45. The maximum absolute atomic E-state index is 14.3. The molecular weight excluding hydrogens is 400 g/mol. The third-order valence-corrected chi connectivity index (χ3v) is 4.81. The molecule has 29 heavy (non-hydrogen) atoms. The highest BCUT2D eigenvalue weighted by Crippen LogP contribution is 2.30. The van der Waals surface area contributed by atoms with Crippen LogP contribution in [0.25, 0.3) is 16.6 Å². The van der Waals surface area contributed by atoms with Crippen molar-refractivity contribution in [1.82, 2.24) is 24.7 Å². The number of pyridine rings is 1. The van der Waals surface area contributed by atoms with Gasteiger partial charge in [-0.05, 0) is 25.1 Å². The summed E-state index contributed by atoms with van der Waals surface area (Å²) in [5.74, 6) is 0.340. The average Bonchev–Trinajstić information content (AvgIpc) is 3.15. The lowest BCUT2D eigenvalue weighted by molar-refractivity contribution is 0.588. The number of hydrogen-bond donors (Lipinski definition) is 1. The standard InChI is InChI=1S/C19H16ClF2N7/c1-3-28(2)16-8-15(24-10-25-16)26-19-11-9-29(27-14(11)6-7-23-19)18-13(22)5-4-12(21)17(18)20/h4-10H,3H2,1-2H3,(H,23,24,25,26). The van der Waals surface area contributed by atoms with Gasteiger partial charge < -0.3 is 10.2 Å². The number of hydrogen-bond acceptors (Lipinski definition) is 6. The molecule has 0 amide bonds. The van der Waals surface area contributed by atoms with Crippen LogP contribution < -0.4 is 10.2 Å². The summed E-state index contributed by atoms with van der Waals surface area (Å²) in [6.07, 6.45) is 4.55. The van der Waals surface area contributed by atoms with Crippen molar-refractivity contribution in [3.8, 4) is 5.69 Å². The Morgan fingerprint density at radius 3 is 2.72 bits per heavy atom. The molecule has 148 valence electrons. The Kier molecular flexibility index (Phi) is 4.98. The molecule has 4 rings (SSSR count). The van der Waals surface area contributed by atoms with Crippen molar-refractivity contribution < 1.29 is 8.78 Å². The Labute approximate surface area is 170 Å². The molecule has 0 spiro atoms. The molecule has 0 radical (unpaired) electrons. The van der Waals surface area contributed by atoms with Crippen LogP contribution in [-0.4, -0.2) is 38.3 Å². The summed E-state index contributed by atoms with van der Waals surface area (Å²) in [6.45, 7) is 2.81. The van der Waals surface area contributed by atoms with Crippen LogP contribution in [0.1, 0.15) is 6.92 Å². The number of nitrogens with one attached hydrogen (secondary N) is 1. The molecule has 1 N–H and O–H groups in total. The minimum Gasteiger partial charge on any atom is -0.360 e. The van der Waals surface area contributed by atoms with Crippen molar-refractivity contribution in [3.63, 3.8) is 0 Å². The largest absolute Gasteiger partial charge is 0.360 e. The van der Waals surface area contributed by atoms with Crippen LogP contribution in [0, 0.1) is 11.6 Å². The Morgan fingerprint density at radius 1 is 1.14 bits per heavy atom. The van der Waals surface area contributed by atoms with Crippen LogP contribution >= 0.6 is 11.6 Å². The fourth-order valence-corrected chi connectivity index (χ4v) is 3.03. The fraction of sp³-hybridized carbons (Fsp3) is 0.158. The average molecular weight is 416 g/mol. The Bertz CT molecular complexity index is 1190. The molecular formula is C19H16ClF2N7. The van der Waals surface area contributed by atoms with E-state index in [0.29, 0.717) is 22.5 Å². The number of aromatic nitrogens is 5. The monoisotopic (exact) mass is 415 g/mol. The maximum Gasteiger partial charge on any atom is 0.150 e. The van der Waals surface area contributed by atoms with Gasteiger partial charge in [0, 0.05) is 32.1 Å².